The van der Waals surface area contributed by atoms with Gasteiger partial charge in [0.05, 0.1) is 18.7 Å². The van der Waals surface area contributed by atoms with Gasteiger partial charge in [-0.3, -0.25) is 14.7 Å². The third kappa shape index (κ3) is 4.87. The molecular weight excluding hydrogens is 314 g/mol. The van der Waals surface area contributed by atoms with Crippen LogP contribution < -0.4 is 5.32 Å². The lowest BCUT2D eigenvalue weighted by Crippen LogP contribution is -2.44. The van der Waals surface area contributed by atoms with E-state index in [-0.39, 0.29) is 18.1 Å². The van der Waals surface area contributed by atoms with Crippen LogP contribution >= 0.6 is 0 Å². The Labute approximate surface area is 148 Å². The molecule has 1 aromatic heterocycles. The number of likely N-dealkylation sites (N-methyl/N-ethyl adjacent to an activating group) is 1. The van der Waals surface area contributed by atoms with E-state index in [0.717, 1.165) is 24.0 Å². The molecule has 1 aliphatic carbocycles. The monoisotopic (exact) mass is 339 g/mol. The van der Waals surface area contributed by atoms with E-state index >= 15 is 0 Å². The molecular formula is C20H25N3O2. The molecule has 0 saturated heterocycles. The second-order valence-corrected chi connectivity index (χ2v) is 6.87. The van der Waals surface area contributed by atoms with E-state index in [4.69, 9.17) is 0 Å². The van der Waals surface area contributed by atoms with E-state index in [1.807, 2.05) is 60.6 Å². The SMILES string of the molecule is CN(CC(=O)N[C@H](c1ccccc1)C1CC(O)C1)Cc1cccnc1. The second kappa shape index (κ2) is 8.23. The maximum absolute atomic E-state index is 12.5. The van der Waals surface area contributed by atoms with E-state index in [1.54, 1.807) is 6.20 Å². The van der Waals surface area contributed by atoms with E-state index in [2.05, 4.69) is 10.3 Å². The normalized spacial score (nSPS) is 20.8. The lowest BCUT2D eigenvalue weighted by molar-refractivity contribution is -0.124. The zero-order valence-electron chi connectivity index (χ0n) is 14.5. The number of carbonyl (C=O) groups excluding carboxylic acids is 1. The van der Waals surface area contributed by atoms with Crippen molar-refractivity contribution in [3.63, 3.8) is 0 Å². The largest absolute Gasteiger partial charge is 0.393 e. The average Bonchev–Trinajstić information content (AvgIpc) is 2.59. The molecule has 0 bridgehead atoms. The smallest absolute Gasteiger partial charge is 0.234 e. The Bertz CT molecular complexity index is 672. The second-order valence-electron chi connectivity index (χ2n) is 6.87. The lowest BCUT2D eigenvalue weighted by atomic mass is 9.75. The number of amides is 1. The Morgan fingerprint density at radius 1 is 1.28 bits per heavy atom. The van der Waals surface area contributed by atoms with Gasteiger partial charge in [0.15, 0.2) is 0 Å². The molecule has 0 aliphatic heterocycles. The molecule has 0 unspecified atom stereocenters. The summed E-state index contributed by atoms with van der Waals surface area (Å²) in [4.78, 5) is 18.6. The Morgan fingerprint density at radius 3 is 2.68 bits per heavy atom. The van der Waals surface area contributed by atoms with Crippen molar-refractivity contribution in [1.82, 2.24) is 15.2 Å². The van der Waals surface area contributed by atoms with Crippen LogP contribution in [0.15, 0.2) is 54.9 Å². The lowest BCUT2D eigenvalue weighted by Gasteiger charge is -2.38. The van der Waals surface area contributed by atoms with Gasteiger partial charge in [-0.1, -0.05) is 36.4 Å². The first-order valence-electron chi connectivity index (χ1n) is 8.71. The predicted molar refractivity (Wildman–Crippen MR) is 96.6 cm³/mol. The van der Waals surface area contributed by atoms with Gasteiger partial charge in [0.1, 0.15) is 0 Å². The number of aliphatic hydroxyl groups is 1. The molecule has 1 aromatic carbocycles. The summed E-state index contributed by atoms with van der Waals surface area (Å²) in [5.74, 6) is 0.298. The van der Waals surface area contributed by atoms with Crippen molar-refractivity contribution >= 4 is 5.91 Å². The van der Waals surface area contributed by atoms with E-state index in [9.17, 15) is 9.90 Å². The first kappa shape index (κ1) is 17.6. The number of pyridine rings is 1. The minimum Gasteiger partial charge on any atom is -0.393 e. The van der Waals surface area contributed by atoms with Crippen LogP contribution in [0, 0.1) is 5.92 Å². The van der Waals surface area contributed by atoms with Gasteiger partial charge < -0.3 is 10.4 Å². The summed E-state index contributed by atoms with van der Waals surface area (Å²) < 4.78 is 0. The van der Waals surface area contributed by atoms with Crippen LogP contribution in [0.3, 0.4) is 0 Å². The summed E-state index contributed by atoms with van der Waals surface area (Å²) in [6.45, 7) is 1.01. The molecule has 1 atom stereocenters. The first-order chi connectivity index (χ1) is 12.1. The van der Waals surface area contributed by atoms with Gasteiger partial charge in [-0.15, -0.1) is 0 Å². The van der Waals surface area contributed by atoms with Gasteiger partial charge in [-0.05, 0) is 43.0 Å². The number of nitrogens with one attached hydrogen (secondary N) is 1. The third-order valence-corrected chi connectivity index (χ3v) is 4.69. The summed E-state index contributed by atoms with van der Waals surface area (Å²) in [7, 11) is 1.93. The van der Waals surface area contributed by atoms with Crippen LogP contribution in [0.25, 0.3) is 0 Å². The van der Waals surface area contributed by atoms with Gasteiger partial charge in [0.25, 0.3) is 0 Å². The third-order valence-electron chi connectivity index (χ3n) is 4.69. The van der Waals surface area contributed by atoms with E-state index < -0.39 is 0 Å². The fraction of sp³-hybridized carbons (Fsp3) is 0.400. The van der Waals surface area contributed by atoms with E-state index in [0.29, 0.717) is 19.0 Å². The molecule has 132 valence electrons. The number of rotatable bonds is 7. The highest BCUT2D eigenvalue weighted by Gasteiger charge is 2.35. The molecule has 1 amide bonds. The number of hydrogen-bond donors (Lipinski definition) is 2. The quantitative estimate of drug-likeness (QED) is 0.811. The van der Waals surface area contributed by atoms with Crippen molar-refractivity contribution in [2.75, 3.05) is 13.6 Å². The predicted octanol–water partition coefficient (Wildman–Crippen LogP) is 2.14. The summed E-state index contributed by atoms with van der Waals surface area (Å²) >= 11 is 0. The minimum absolute atomic E-state index is 0.00151. The molecule has 2 aromatic rings. The fourth-order valence-electron chi connectivity index (χ4n) is 3.36. The minimum atomic E-state index is -0.235. The summed E-state index contributed by atoms with van der Waals surface area (Å²) in [5.41, 5.74) is 2.18. The van der Waals surface area contributed by atoms with Crippen LogP contribution in [0.1, 0.15) is 30.0 Å². The molecule has 1 fully saturated rings. The molecule has 5 heteroatoms. The molecule has 0 radical (unpaired) electrons. The Balaban J connectivity index is 1.58. The highest BCUT2D eigenvalue weighted by Crippen LogP contribution is 2.37. The van der Waals surface area contributed by atoms with Crippen molar-refractivity contribution in [2.24, 2.45) is 5.92 Å². The number of carbonyl (C=O) groups is 1. The summed E-state index contributed by atoms with van der Waals surface area (Å²) in [6, 6.07) is 13.9. The maximum Gasteiger partial charge on any atom is 0.234 e. The number of nitrogens with zero attached hydrogens (tertiary/aromatic N) is 2. The zero-order valence-corrected chi connectivity index (χ0v) is 14.5. The number of aliphatic hydroxyl groups excluding tert-OH is 1. The molecule has 3 rings (SSSR count). The van der Waals surface area contributed by atoms with Crippen LogP contribution in [0.4, 0.5) is 0 Å². The van der Waals surface area contributed by atoms with Crippen molar-refractivity contribution in [3.8, 4) is 0 Å². The van der Waals surface area contributed by atoms with Crippen molar-refractivity contribution in [3.05, 3.63) is 66.0 Å². The first-order valence-corrected chi connectivity index (χ1v) is 8.71. The van der Waals surface area contributed by atoms with Crippen LogP contribution in [0.5, 0.6) is 0 Å². The number of benzene rings is 1. The van der Waals surface area contributed by atoms with Crippen LogP contribution in [-0.4, -0.2) is 40.6 Å². The standard InChI is InChI=1S/C20H25N3O2/c1-23(13-15-6-5-9-21-12-15)14-19(25)22-20(17-10-18(24)11-17)16-7-3-2-4-8-16/h2-9,12,17-18,20,24H,10-11,13-14H2,1H3,(H,22,25)/t17?,18?,20-/m1/s1. The zero-order chi connectivity index (χ0) is 17.6. The molecule has 2 N–H and O–H groups in total. The van der Waals surface area contributed by atoms with E-state index in [1.165, 1.54) is 0 Å². The molecule has 1 saturated carbocycles. The van der Waals surface area contributed by atoms with Gasteiger partial charge in [0.2, 0.25) is 5.91 Å². The van der Waals surface area contributed by atoms with Gasteiger partial charge >= 0.3 is 0 Å². The number of hydrogen-bond acceptors (Lipinski definition) is 4. The van der Waals surface area contributed by atoms with Gasteiger partial charge in [-0.2, -0.15) is 0 Å². The molecule has 5 nitrogen and oxygen atoms in total. The van der Waals surface area contributed by atoms with Crippen molar-refractivity contribution in [2.45, 2.75) is 31.5 Å². The van der Waals surface area contributed by atoms with Gasteiger partial charge in [-0.25, -0.2) is 0 Å². The fourth-order valence-corrected chi connectivity index (χ4v) is 3.36. The maximum atomic E-state index is 12.5. The molecule has 1 aliphatic rings. The summed E-state index contributed by atoms with van der Waals surface area (Å²) in [5, 5.41) is 12.8. The number of aromatic nitrogens is 1. The van der Waals surface area contributed by atoms with Crippen LogP contribution in [-0.2, 0) is 11.3 Å². The Kier molecular flexibility index (Phi) is 5.79. The average molecular weight is 339 g/mol. The van der Waals surface area contributed by atoms with Crippen molar-refractivity contribution in [1.29, 1.82) is 0 Å². The van der Waals surface area contributed by atoms with Crippen molar-refractivity contribution < 1.29 is 9.90 Å². The topological polar surface area (TPSA) is 65.5 Å². The molecule has 25 heavy (non-hydrogen) atoms. The summed E-state index contributed by atoms with van der Waals surface area (Å²) in [6.07, 6.45) is 4.81. The molecule has 0 spiro atoms. The van der Waals surface area contributed by atoms with Crippen LogP contribution in [0.2, 0.25) is 0 Å². The Morgan fingerprint density at radius 2 is 2.04 bits per heavy atom. The highest BCUT2D eigenvalue weighted by atomic mass is 16.3. The Hall–Kier alpha value is -2.24. The molecule has 1 heterocycles. The highest BCUT2D eigenvalue weighted by molar-refractivity contribution is 5.78. The van der Waals surface area contributed by atoms with Gasteiger partial charge in [0, 0.05) is 18.9 Å².